The van der Waals surface area contributed by atoms with Crippen molar-refractivity contribution in [1.82, 2.24) is 10.6 Å². The van der Waals surface area contributed by atoms with Gasteiger partial charge >= 0.3 is 5.97 Å². The molecule has 1 aliphatic carbocycles. The highest BCUT2D eigenvalue weighted by atomic mass is 16.7. The molecule has 8 heteroatoms. The molecule has 0 radical (unpaired) electrons. The zero-order valence-electron chi connectivity index (χ0n) is 25.6. The summed E-state index contributed by atoms with van der Waals surface area (Å²) in [5.41, 5.74) is -0.473. The van der Waals surface area contributed by atoms with E-state index < -0.39 is 17.3 Å². The Kier molecular flexibility index (Phi) is 14.2. The van der Waals surface area contributed by atoms with Gasteiger partial charge in [0.15, 0.2) is 5.79 Å². The van der Waals surface area contributed by atoms with Gasteiger partial charge in [-0.3, -0.25) is 14.4 Å². The van der Waals surface area contributed by atoms with Crippen LogP contribution in [0.3, 0.4) is 0 Å². The van der Waals surface area contributed by atoms with Gasteiger partial charge in [0.2, 0.25) is 11.8 Å². The monoisotopic (exact) mass is 552 g/mol. The number of nitrogens with one attached hydrogen (secondary N) is 2. The van der Waals surface area contributed by atoms with E-state index in [9.17, 15) is 14.4 Å². The summed E-state index contributed by atoms with van der Waals surface area (Å²) in [4.78, 5) is 38.3. The first-order valence-electron chi connectivity index (χ1n) is 15.5. The van der Waals surface area contributed by atoms with Crippen molar-refractivity contribution in [1.29, 1.82) is 0 Å². The van der Waals surface area contributed by atoms with Crippen LogP contribution < -0.4 is 10.6 Å². The fraction of sp³-hybridized carbons (Fsp3) is 0.903. The molecule has 0 bridgehead atoms. The molecule has 1 saturated carbocycles. The summed E-state index contributed by atoms with van der Waals surface area (Å²) in [6.45, 7) is 12.2. The molecule has 1 aliphatic heterocycles. The molecule has 2 N–H and O–H groups in total. The van der Waals surface area contributed by atoms with E-state index in [1.165, 1.54) is 44.9 Å². The molecule has 2 rings (SSSR count). The maximum atomic E-state index is 12.9. The van der Waals surface area contributed by atoms with Crippen molar-refractivity contribution < 1.29 is 28.6 Å². The van der Waals surface area contributed by atoms with Gasteiger partial charge in [0.05, 0.1) is 19.1 Å². The van der Waals surface area contributed by atoms with Gasteiger partial charge in [0, 0.05) is 17.9 Å². The molecule has 4 atom stereocenters. The first kappa shape index (κ1) is 33.5. The van der Waals surface area contributed by atoms with Crippen LogP contribution in [0.4, 0.5) is 0 Å². The third-order valence-electron chi connectivity index (χ3n) is 8.02. The van der Waals surface area contributed by atoms with E-state index in [1.54, 1.807) is 13.8 Å². The third-order valence-corrected chi connectivity index (χ3v) is 8.02. The molecule has 39 heavy (non-hydrogen) atoms. The van der Waals surface area contributed by atoms with Crippen LogP contribution in [0, 0.1) is 11.3 Å². The first-order chi connectivity index (χ1) is 18.4. The lowest BCUT2D eigenvalue weighted by atomic mass is 9.85. The average Bonchev–Trinajstić information content (AvgIpc) is 2.88. The standard InChI is InChI=1S/C31H56N2O6/c1-7-8-9-10-11-12-13-14-17-23(2)28(35)33-24-18-15-16-19-25(24)38-26(34)20-21-32-29(36)27-30(3,4)22-37-31(5,6)39-27/h23-25,27H,7-22H2,1-6H3,(H,32,36)(H,33,35). The number of carbonyl (C=O) groups excluding carboxylic acids is 3. The molecule has 4 unspecified atom stereocenters. The summed E-state index contributed by atoms with van der Waals surface area (Å²) < 4.78 is 17.3. The van der Waals surface area contributed by atoms with Gasteiger partial charge in [-0.15, -0.1) is 0 Å². The van der Waals surface area contributed by atoms with Crippen LogP contribution in [-0.4, -0.2) is 55.0 Å². The summed E-state index contributed by atoms with van der Waals surface area (Å²) in [6, 6.07) is -0.149. The maximum absolute atomic E-state index is 12.9. The third kappa shape index (κ3) is 12.2. The first-order valence-corrected chi connectivity index (χ1v) is 15.5. The van der Waals surface area contributed by atoms with Crippen LogP contribution in [0.5, 0.6) is 0 Å². The maximum Gasteiger partial charge on any atom is 0.307 e. The average molecular weight is 553 g/mol. The molecule has 2 amide bonds. The van der Waals surface area contributed by atoms with Crippen molar-refractivity contribution >= 4 is 17.8 Å². The zero-order chi connectivity index (χ0) is 28.9. The van der Waals surface area contributed by atoms with Crippen molar-refractivity contribution in [2.75, 3.05) is 13.2 Å². The fourth-order valence-electron chi connectivity index (χ4n) is 5.37. The normalized spacial score (nSPS) is 24.9. The van der Waals surface area contributed by atoms with Crippen molar-refractivity contribution in [3.05, 3.63) is 0 Å². The Hall–Kier alpha value is -1.67. The number of amides is 2. The number of rotatable bonds is 16. The lowest BCUT2D eigenvalue weighted by molar-refractivity contribution is -0.304. The van der Waals surface area contributed by atoms with E-state index in [0.717, 1.165) is 38.5 Å². The predicted molar refractivity (Wildman–Crippen MR) is 153 cm³/mol. The molecule has 0 spiro atoms. The molecular formula is C31H56N2O6. The second-order valence-corrected chi connectivity index (χ2v) is 12.8. The Balaban J connectivity index is 1.70. The van der Waals surface area contributed by atoms with Crippen molar-refractivity contribution in [3.8, 4) is 0 Å². The number of unbranched alkanes of at least 4 members (excludes halogenated alkanes) is 7. The molecule has 0 aromatic heterocycles. The van der Waals surface area contributed by atoms with Gasteiger partial charge in [0.1, 0.15) is 12.2 Å². The molecular weight excluding hydrogens is 496 g/mol. The van der Waals surface area contributed by atoms with Crippen LogP contribution >= 0.6 is 0 Å². The van der Waals surface area contributed by atoms with Crippen LogP contribution in [0.1, 0.15) is 131 Å². The van der Waals surface area contributed by atoms with E-state index in [4.69, 9.17) is 14.2 Å². The lowest BCUT2D eigenvalue weighted by Crippen LogP contribution is -2.56. The lowest BCUT2D eigenvalue weighted by Gasteiger charge is -2.44. The Bertz CT molecular complexity index is 768. The molecule has 1 saturated heterocycles. The van der Waals surface area contributed by atoms with Crippen molar-refractivity contribution in [3.63, 3.8) is 0 Å². The second-order valence-electron chi connectivity index (χ2n) is 12.8. The van der Waals surface area contributed by atoms with Gasteiger partial charge in [-0.1, -0.05) is 85.5 Å². The molecule has 0 aromatic carbocycles. The Labute approximate surface area is 237 Å². The summed E-state index contributed by atoms with van der Waals surface area (Å²) in [6.07, 6.45) is 13.6. The smallest absolute Gasteiger partial charge is 0.307 e. The van der Waals surface area contributed by atoms with Crippen LogP contribution in [-0.2, 0) is 28.6 Å². The van der Waals surface area contributed by atoms with Crippen LogP contribution in [0.2, 0.25) is 0 Å². The largest absolute Gasteiger partial charge is 0.460 e. The van der Waals surface area contributed by atoms with Gasteiger partial charge < -0.3 is 24.8 Å². The minimum atomic E-state index is -0.831. The number of esters is 1. The van der Waals surface area contributed by atoms with Gasteiger partial charge in [-0.2, -0.15) is 0 Å². The zero-order valence-corrected chi connectivity index (χ0v) is 25.6. The summed E-state index contributed by atoms with van der Waals surface area (Å²) >= 11 is 0. The minimum absolute atomic E-state index is 0.0415. The molecule has 2 fully saturated rings. The fourth-order valence-corrected chi connectivity index (χ4v) is 5.37. The van der Waals surface area contributed by atoms with Gasteiger partial charge in [-0.05, 0) is 39.5 Å². The minimum Gasteiger partial charge on any atom is -0.460 e. The van der Waals surface area contributed by atoms with E-state index in [0.29, 0.717) is 6.61 Å². The van der Waals surface area contributed by atoms with Crippen LogP contribution in [0.25, 0.3) is 0 Å². The summed E-state index contributed by atoms with van der Waals surface area (Å²) in [5, 5.41) is 5.99. The number of carbonyl (C=O) groups is 3. The molecule has 8 nitrogen and oxygen atoms in total. The van der Waals surface area contributed by atoms with E-state index in [-0.39, 0.29) is 48.8 Å². The van der Waals surface area contributed by atoms with E-state index in [2.05, 4.69) is 17.6 Å². The quantitative estimate of drug-likeness (QED) is 0.185. The van der Waals surface area contributed by atoms with Gasteiger partial charge in [0.25, 0.3) is 0 Å². The van der Waals surface area contributed by atoms with E-state index in [1.807, 2.05) is 20.8 Å². The Morgan fingerprint density at radius 2 is 1.59 bits per heavy atom. The number of ether oxygens (including phenoxy) is 3. The highest BCUT2D eigenvalue weighted by molar-refractivity contribution is 5.82. The topological polar surface area (TPSA) is 103 Å². The SMILES string of the molecule is CCCCCCCCCCC(C)C(=O)NC1CCCCC1OC(=O)CCNC(=O)C1OC(C)(C)OCC1(C)C. The molecule has 0 aromatic rings. The predicted octanol–water partition coefficient (Wildman–Crippen LogP) is 5.81. The molecule has 2 aliphatic rings. The molecule has 1 heterocycles. The van der Waals surface area contributed by atoms with Crippen LogP contribution in [0.15, 0.2) is 0 Å². The summed E-state index contributed by atoms with van der Waals surface area (Å²) in [5.74, 6) is -1.43. The Morgan fingerprint density at radius 1 is 0.949 bits per heavy atom. The highest BCUT2D eigenvalue weighted by Crippen LogP contribution is 2.34. The summed E-state index contributed by atoms with van der Waals surface area (Å²) in [7, 11) is 0. The highest BCUT2D eigenvalue weighted by Gasteiger charge is 2.45. The van der Waals surface area contributed by atoms with E-state index >= 15 is 0 Å². The Morgan fingerprint density at radius 3 is 2.28 bits per heavy atom. The molecule has 226 valence electrons. The number of hydrogen-bond acceptors (Lipinski definition) is 6. The second kappa shape index (κ2) is 16.6. The van der Waals surface area contributed by atoms with Crippen molar-refractivity contribution in [2.24, 2.45) is 11.3 Å². The number of hydrogen-bond donors (Lipinski definition) is 2. The van der Waals surface area contributed by atoms with Gasteiger partial charge in [-0.25, -0.2) is 0 Å². The van der Waals surface area contributed by atoms with Crippen molar-refractivity contribution in [2.45, 2.75) is 155 Å².